The Morgan fingerprint density at radius 2 is 1.88 bits per heavy atom. The van der Waals surface area contributed by atoms with E-state index in [1.165, 1.54) is 0 Å². The van der Waals surface area contributed by atoms with E-state index in [1.807, 2.05) is 24.3 Å². The van der Waals surface area contributed by atoms with Crippen LogP contribution in [0.1, 0.15) is 26.7 Å². The Morgan fingerprint density at radius 3 is 2.50 bits per heavy atom. The van der Waals surface area contributed by atoms with E-state index in [-0.39, 0.29) is 0 Å². The minimum absolute atomic E-state index is 0.567. The standard InChI is InChI=1S/C13H20ClNO/c1-11(2)15-9-3-4-10-16-13-7-5-12(14)6-8-13/h5-8,11,15H,3-4,9-10H2,1-2H3. The molecule has 0 aliphatic carbocycles. The van der Waals surface area contributed by atoms with Crippen molar-refractivity contribution >= 4 is 11.6 Å². The molecular weight excluding hydrogens is 222 g/mol. The molecule has 0 unspecified atom stereocenters. The number of benzene rings is 1. The van der Waals surface area contributed by atoms with E-state index in [9.17, 15) is 0 Å². The van der Waals surface area contributed by atoms with Gasteiger partial charge < -0.3 is 10.1 Å². The average Bonchev–Trinajstić information content (AvgIpc) is 2.25. The third kappa shape index (κ3) is 5.99. The van der Waals surface area contributed by atoms with Crippen molar-refractivity contribution in [3.8, 4) is 5.75 Å². The summed E-state index contributed by atoms with van der Waals surface area (Å²) < 4.78 is 5.58. The molecule has 1 aromatic carbocycles. The van der Waals surface area contributed by atoms with E-state index in [0.717, 1.165) is 36.8 Å². The van der Waals surface area contributed by atoms with Crippen LogP contribution < -0.4 is 10.1 Å². The summed E-state index contributed by atoms with van der Waals surface area (Å²) in [5, 5.41) is 4.12. The van der Waals surface area contributed by atoms with Crippen LogP contribution in [0.4, 0.5) is 0 Å². The normalized spacial score (nSPS) is 10.8. The van der Waals surface area contributed by atoms with Gasteiger partial charge in [-0.15, -0.1) is 0 Å². The highest BCUT2D eigenvalue weighted by Crippen LogP contribution is 2.15. The van der Waals surface area contributed by atoms with E-state index in [0.29, 0.717) is 6.04 Å². The zero-order chi connectivity index (χ0) is 11.8. The molecule has 16 heavy (non-hydrogen) atoms. The largest absolute Gasteiger partial charge is 0.494 e. The van der Waals surface area contributed by atoms with Crippen LogP contribution >= 0.6 is 11.6 Å². The van der Waals surface area contributed by atoms with E-state index in [4.69, 9.17) is 16.3 Å². The lowest BCUT2D eigenvalue weighted by atomic mass is 10.3. The molecule has 0 amide bonds. The Hall–Kier alpha value is -0.730. The molecule has 3 heteroatoms. The van der Waals surface area contributed by atoms with Crippen LogP contribution in [0.3, 0.4) is 0 Å². The van der Waals surface area contributed by atoms with E-state index in [1.54, 1.807) is 0 Å². The molecule has 90 valence electrons. The lowest BCUT2D eigenvalue weighted by Crippen LogP contribution is -2.23. The average molecular weight is 242 g/mol. The predicted molar refractivity (Wildman–Crippen MR) is 69.3 cm³/mol. The van der Waals surface area contributed by atoms with Gasteiger partial charge in [0.1, 0.15) is 5.75 Å². The van der Waals surface area contributed by atoms with Crippen LogP contribution in [0.5, 0.6) is 5.75 Å². The highest BCUT2D eigenvalue weighted by atomic mass is 35.5. The van der Waals surface area contributed by atoms with Gasteiger partial charge in [0.25, 0.3) is 0 Å². The number of hydrogen-bond acceptors (Lipinski definition) is 2. The quantitative estimate of drug-likeness (QED) is 0.738. The topological polar surface area (TPSA) is 21.3 Å². The first-order chi connectivity index (χ1) is 7.68. The monoisotopic (exact) mass is 241 g/mol. The third-order valence-corrected chi connectivity index (χ3v) is 2.46. The first kappa shape index (κ1) is 13.3. The second-order valence-electron chi connectivity index (χ2n) is 4.12. The molecular formula is C13H20ClNO. The number of ether oxygens (including phenoxy) is 1. The molecule has 0 aliphatic rings. The van der Waals surface area contributed by atoms with E-state index < -0.39 is 0 Å². The minimum Gasteiger partial charge on any atom is -0.494 e. The first-order valence-electron chi connectivity index (χ1n) is 5.80. The molecule has 0 fully saturated rings. The first-order valence-corrected chi connectivity index (χ1v) is 6.18. The molecule has 0 radical (unpaired) electrons. The molecule has 1 N–H and O–H groups in total. The fourth-order valence-electron chi connectivity index (χ4n) is 1.34. The van der Waals surface area contributed by atoms with Gasteiger partial charge in [0.15, 0.2) is 0 Å². The van der Waals surface area contributed by atoms with Gasteiger partial charge in [-0.05, 0) is 43.7 Å². The second-order valence-corrected chi connectivity index (χ2v) is 4.55. The van der Waals surface area contributed by atoms with Gasteiger partial charge >= 0.3 is 0 Å². The van der Waals surface area contributed by atoms with Crippen LogP contribution in [0, 0.1) is 0 Å². The van der Waals surface area contributed by atoms with Gasteiger partial charge in [-0.2, -0.15) is 0 Å². The van der Waals surface area contributed by atoms with Crippen LogP contribution in [-0.4, -0.2) is 19.2 Å². The summed E-state index contributed by atoms with van der Waals surface area (Å²) in [7, 11) is 0. The fourth-order valence-corrected chi connectivity index (χ4v) is 1.46. The smallest absolute Gasteiger partial charge is 0.119 e. The zero-order valence-corrected chi connectivity index (χ0v) is 10.8. The van der Waals surface area contributed by atoms with Crippen molar-refractivity contribution in [2.24, 2.45) is 0 Å². The Labute approximate surface area is 103 Å². The van der Waals surface area contributed by atoms with Gasteiger partial charge in [-0.25, -0.2) is 0 Å². The summed E-state index contributed by atoms with van der Waals surface area (Å²) in [4.78, 5) is 0. The van der Waals surface area contributed by atoms with Gasteiger partial charge in [-0.1, -0.05) is 25.4 Å². The molecule has 0 bridgehead atoms. The summed E-state index contributed by atoms with van der Waals surface area (Å²) in [6, 6.07) is 8.05. The van der Waals surface area contributed by atoms with Crippen molar-refractivity contribution in [2.45, 2.75) is 32.7 Å². The maximum atomic E-state index is 5.78. The maximum absolute atomic E-state index is 5.78. The lowest BCUT2D eigenvalue weighted by Gasteiger charge is -2.08. The van der Waals surface area contributed by atoms with Gasteiger partial charge in [-0.3, -0.25) is 0 Å². The molecule has 0 heterocycles. The van der Waals surface area contributed by atoms with E-state index >= 15 is 0 Å². The van der Waals surface area contributed by atoms with Gasteiger partial charge in [0.2, 0.25) is 0 Å². The van der Waals surface area contributed by atoms with E-state index in [2.05, 4.69) is 19.2 Å². The fraction of sp³-hybridized carbons (Fsp3) is 0.538. The second kappa shape index (κ2) is 7.53. The minimum atomic E-state index is 0.567. The van der Waals surface area contributed by atoms with Crippen LogP contribution in [0.25, 0.3) is 0 Å². The van der Waals surface area contributed by atoms with Crippen molar-refractivity contribution < 1.29 is 4.74 Å². The van der Waals surface area contributed by atoms with Crippen LogP contribution in [-0.2, 0) is 0 Å². The number of nitrogens with one attached hydrogen (secondary N) is 1. The highest BCUT2D eigenvalue weighted by molar-refractivity contribution is 6.30. The van der Waals surface area contributed by atoms with Crippen molar-refractivity contribution in [3.05, 3.63) is 29.3 Å². The summed E-state index contributed by atoms with van der Waals surface area (Å²) in [5.41, 5.74) is 0. The molecule has 2 nitrogen and oxygen atoms in total. The molecule has 1 aromatic rings. The van der Waals surface area contributed by atoms with Crippen LogP contribution in [0.15, 0.2) is 24.3 Å². The van der Waals surface area contributed by atoms with Crippen molar-refractivity contribution in [3.63, 3.8) is 0 Å². The van der Waals surface area contributed by atoms with Gasteiger partial charge in [0.05, 0.1) is 6.61 Å². The summed E-state index contributed by atoms with van der Waals surface area (Å²) in [6.07, 6.45) is 2.22. The highest BCUT2D eigenvalue weighted by Gasteiger charge is 1.95. The van der Waals surface area contributed by atoms with Crippen molar-refractivity contribution in [2.75, 3.05) is 13.2 Å². The SMILES string of the molecule is CC(C)NCCCCOc1ccc(Cl)cc1. The zero-order valence-electron chi connectivity index (χ0n) is 10.0. The Balaban J connectivity index is 2.05. The van der Waals surface area contributed by atoms with Crippen LogP contribution in [0.2, 0.25) is 5.02 Å². The molecule has 0 saturated carbocycles. The summed E-state index contributed by atoms with van der Waals surface area (Å²) >= 11 is 5.78. The number of unbranched alkanes of at least 4 members (excludes halogenated alkanes) is 1. The summed E-state index contributed by atoms with van der Waals surface area (Å²) in [6.45, 7) is 6.14. The molecule has 0 saturated heterocycles. The Kier molecular flexibility index (Phi) is 6.27. The molecule has 1 rings (SSSR count). The molecule has 0 spiro atoms. The van der Waals surface area contributed by atoms with Gasteiger partial charge in [0, 0.05) is 11.1 Å². The molecule has 0 atom stereocenters. The summed E-state index contributed by atoms with van der Waals surface area (Å²) in [5.74, 6) is 0.890. The number of halogens is 1. The van der Waals surface area contributed by atoms with Crippen molar-refractivity contribution in [1.29, 1.82) is 0 Å². The Bertz CT molecular complexity index is 284. The Morgan fingerprint density at radius 1 is 1.19 bits per heavy atom. The maximum Gasteiger partial charge on any atom is 0.119 e. The molecule has 0 aromatic heterocycles. The van der Waals surface area contributed by atoms with Crippen molar-refractivity contribution in [1.82, 2.24) is 5.32 Å². The number of rotatable bonds is 7. The molecule has 0 aliphatic heterocycles. The number of hydrogen-bond donors (Lipinski definition) is 1. The third-order valence-electron chi connectivity index (χ3n) is 2.21. The predicted octanol–water partition coefficient (Wildman–Crippen LogP) is 3.50. The lowest BCUT2D eigenvalue weighted by molar-refractivity contribution is 0.305.